The molecule has 0 radical (unpaired) electrons. The van der Waals surface area contributed by atoms with Gasteiger partial charge in [0.2, 0.25) is 0 Å². The van der Waals surface area contributed by atoms with Crippen molar-refractivity contribution in [3.8, 4) is 0 Å². The van der Waals surface area contributed by atoms with Crippen molar-refractivity contribution in [3.63, 3.8) is 0 Å². The molecule has 0 bridgehead atoms. The summed E-state index contributed by atoms with van der Waals surface area (Å²) in [6.07, 6.45) is 14.6. The van der Waals surface area contributed by atoms with Gasteiger partial charge in [0.05, 0.1) is 68.8 Å². The summed E-state index contributed by atoms with van der Waals surface area (Å²) >= 11 is 3.63. The first-order valence-corrected chi connectivity index (χ1v) is 27.6. The van der Waals surface area contributed by atoms with E-state index in [1.54, 1.807) is 35.3 Å². The second kappa shape index (κ2) is 27.0. The van der Waals surface area contributed by atoms with Crippen molar-refractivity contribution in [1.82, 2.24) is 40.0 Å². The van der Waals surface area contributed by atoms with Gasteiger partial charge in [-0.15, -0.1) is 22.7 Å². The van der Waals surface area contributed by atoms with Gasteiger partial charge in [-0.3, -0.25) is 18.8 Å². The molecule has 0 aliphatic carbocycles. The van der Waals surface area contributed by atoms with Gasteiger partial charge in [-0.2, -0.15) is 0 Å². The van der Waals surface area contributed by atoms with Crippen molar-refractivity contribution in [2.24, 2.45) is 11.8 Å². The Morgan fingerprint density at radius 1 is 0.733 bits per heavy atom. The Kier molecular flexibility index (Phi) is 19.8. The second-order valence-corrected chi connectivity index (χ2v) is 22.4. The number of halogens is 1. The first-order valence-electron chi connectivity index (χ1n) is 26.7. The lowest BCUT2D eigenvalue weighted by atomic mass is 9.89. The van der Waals surface area contributed by atoms with E-state index >= 15 is 0 Å². The smallest absolute Gasteiger partial charge is 0.394 e. The molecule has 8 N–H and O–H groups in total. The number of rotatable bonds is 10. The molecule has 4 saturated heterocycles. The Balaban J connectivity index is 0.000000179. The normalized spacial score (nSPS) is 20.0. The van der Waals surface area contributed by atoms with Crippen LogP contribution in [0.4, 0.5) is 27.4 Å². The van der Waals surface area contributed by atoms with Crippen molar-refractivity contribution in [2.45, 2.75) is 104 Å². The first-order chi connectivity index (χ1) is 36.6. The Hall–Kier alpha value is -6.19. The zero-order chi connectivity index (χ0) is 54.3. The van der Waals surface area contributed by atoms with Crippen LogP contribution >= 0.6 is 22.7 Å². The minimum absolute atomic E-state index is 0.148. The summed E-state index contributed by atoms with van der Waals surface area (Å²) in [5.74, 6) is -1.93. The van der Waals surface area contributed by atoms with Crippen LogP contribution in [0, 0.1) is 25.7 Å². The van der Waals surface area contributed by atoms with Crippen LogP contribution in [0.1, 0.15) is 111 Å². The molecule has 4 aliphatic rings. The first kappa shape index (κ1) is 55.1. The van der Waals surface area contributed by atoms with E-state index in [0.29, 0.717) is 47.1 Å². The monoisotopic (exact) mass is 1070 g/mol. The van der Waals surface area contributed by atoms with E-state index in [4.69, 9.17) is 27.9 Å². The van der Waals surface area contributed by atoms with E-state index in [2.05, 4.69) is 86.0 Å². The molecule has 2 aromatic carbocycles. The summed E-state index contributed by atoms with van der Waals surface area (Å²) in [5.41, 5.74) is 18.0. The summed E-state index contributed by atoms with van der Waals surface area (Å²) in [6.45, 7) is 16.9. The van der Waals surface area contributed by atoms with Crippen LogP contribution in [-0.4, -0.2) is 123 Å². The number of thiazole rings is 2. The van der Waals surface area contributed by atoms with E-state index in [9.17, 15) is 23.6 Å². The maximum Gasteiger partial charge on any atom is 0.394 e. The lowest BCUT2D eigenvalue weighted by molar-refractivity contribution is -0.147. The van der Waals surface area contributed by atoms with E-state index in [0.717, 1.165) is 66.3 Å². The molecular weight excluding hydrogens is 992 g/mol. The third-order valence-electron chi connectivity index (χ3n) is 14.3. The van der Waals surface area contributed by atoms with Crippen LogP contribution in [0.3, 0.4) is 0 Å². The number of pyridine rings is 2. The molecule has 3 amide bonds. The Bertz CT molecular complexity index is 2920. The van der Waals surface area contributed by atoms with Gasteiger partial charge in [0.25, 0.3) is 0 Å². The molecule has 6 aromatic rings. The molecule has 4 aliphatic heterocycles. The van der Waals surface area contributed by atoms with Gasteiger partial charge in [0.15, 0.2) is 0 Å². The zero-order valence-corrected chi connectivity index (χ0v) is 45.2. The lowest BCUT2D eigenvalue weighted by Gasteiger charge is -2.38. The lowest BCUT2D eigenvalue weighted by Crippen LogP contribution is -2.46. The predicted octanol–water partition coefficient (Wildman–Crippen LogP) is 8.73. The summed E-state index contributed by atoms with van der Waals surface area (Å²) in [4.78, 5) is 71.6. The summed E-state index contributed by atoms with van der Waals surface area (Å²) in [5, 5.41) is 19.3. The number of amides is 3. The van der Waals surface area contributed by atoms with Crippen LogP contribution in [0.5, 0.6) is 0 Å². The molecule has 0 spiro atoms. The molecule has 75 heavy (non-hydrogen) atoms. The van der Waals surface area contributed by atoms with Gasteiger partial charge in [-0.25, -0.2) is 24.7 Å². The number of carboxylic acids is 1. The molecule has 4 aromatic heterocycles. The number of nitrogens with zero attached hydrogens (tertiary/aromatic N) is 7. The molecule has 0 saturated carbocycles. The van der Waals surface area contributed by atoms with Crippen LogP contribution in [0.25, 0.3) is 20.4 Å². The number of alkyl halides is 1. The number of anilines is 4. The largest absolute Gasteiger partial charge is 0.474 e. The predicted molar refractivity (Wildman–Crippen MR) is 299 cm³/mol. The van der Waals surface area contributed by atoms with E-state index in [1.165, 1.54) is 109 Å². The molecule has 4 atom stereocenters. The highest BCUT2D eigenvalue weighted by Crippen LogP contribution is 2.36. The third-order valence-corrected chi connectivity index (χ3v) is 16.5. The molecule has 402 valence electrons. The van der Waals surface area contributed by atoms with Gasteiger partial charge < -0.3 is 47.2 Å². The molecular formula is C55H73FN12O5S2. The maximum absolute atomic E-state index is 13.3. The number of nitrogens with one attached hydrogen (secondary N) is 3. The average Bonchev–Trinajstić information content (AvgIpc) is 4.26. The van der Waals surface area contributed by atoms with E-state index in [1.807, 2.05) is 18.3 Å². The van der Waals surface area contributed by atoms with E-state index < -0.39 is 30.8 Å². The van der Waals surface area contributed by atoms with Gasteiger partial charge in [-0.05, 0) is 168 Å². The van der Waals surface area contributed by atoms with Crippen LogP contribution in [0.15, 0.2) is 60.9 Å². The number of likely N-dealkylation sites (tertiary alicyclic amines) is 3. The number of hydrogen-bond acceptors (Lipinski definition) is 15. The molecule has 4 fully saturated rings. The number of aliphatic carboxylic acids is 1. The number of aryl methyl sites for hydroxylation is 2. The number of benzene rings is 2. The highest BCUT2D eigenvalue weighted by Gasteiger charge is 2.35. The number of fused-ring (bicyclic) bond motifs is 2. The number of aromatic nitrogens is 4. The fourth-order valence-electron chi connectivity index (χ4n) is 9.96. The summed E-state index contributed by atoms with van der Waals surface area (Å²) in [6, 6.07) is 16.9. The van der Waals surface area contributed by atoms with Gasteiger partial charge in [0, 0.05) is 38.5 Å². The standard InChI is InChI=1S/C27H34N6O2S.C19H27N3S.C8H9N3O3.CH3F/c1-17-5-7-22(33(16-17)27(35)26(34)30-20-13-18(2)25(28)29-15-20)19-6-8-23-21(14-19)31-24(36-23)9-12-32-10-3-4-11-32;1-14-4-6-16(20-13-14)15-5-7-18-17(12-15)21-19(23-18)8-11-22-9-2-3-10-22;1-4-2-5(3-10-6(4)9)11-7(12)8(13)14;1-2/h6,8,13-15,17,22H,3-5,7,9-12,16H2,1-2H3,(H2,28,29)(H,30,34);5,7,12,14,16,20H,2-4,6,8-11,13H2,1H3;2-3H,1H3,(H2,9,10)(H,11,12)(H,13,14);1H3/t17-,22+;14-,16+;;/m00../s1/i;;;1D. The van der Waals surface area contributed by atoms with Gasteiger partial charge in [0.1, 0.15) is 11.6 Å². The minimum Gasteiger partial charge on any atom is -0.474 e. The average molecular weight is 1070 g/mol. The Labute approximate surface area is 448 Å². The minimum atomic E-state index is -1.54. The van der Waals surface area contributed by atoms with Crippen molar-refractivity contribution in [3.05, 3.63) is 93.2 Å². The topological polar surface area (TPSA) is 238 Å². The van der Waals surface area contributed by atoms with Crippen LogP contribution < -0.4 is 27.4 Å². The Morgan fingerprint density at radius 2 is 1.23 bits per heavy atom. The summed E-state index contributed by atoms with van der Waals surface area (Å²) in [7, 11) is -1.00. The highest BCUT2D eigenvalue weighted by atomic mass is 32.1. The fraction of sp³-hybridized carbons (Fsp3) is 0.491. The third kappa shape index (κ3) is 15.7. The molecule has 0 unspecified atom stereocenters. The number of carbonyl (C=O) groups is 4. The zero-order valence-electron chi connectivity index (χ0n) is 44.6. The second-order valence-electron chi connectivity index (χ2n) is 20.1. The number of hydrogen-bond donors (Lipinski definition) is 6. The highest BCUT2D eigenvalue weighted by molar-refractivity contribution is 7.18. The molecule has 8 heterocycles. The van der Waals surface area contributed by atoms with Gasteiger partial charge >= 0.3 is 23.7 Å². The Morgan fingerprint density at radius 3 is 1.72 bits per heavy atom. The van der Waals surface area contributed by atoms with Crippen molar-refractivity contribution >= 4 is 89.8 Å². The molecule has 17 nitrogen and oxygen atoms in total. The molecule has 20 heteroatoms. The van der Waals surface area contributed by atoms with Crippen molar-refractivity contribution in [2.75, 3.05) is 81.6 Å². The van der Waals surface area contributed by atoms with E-state index in [-0.39, 0.29) is 6.04 Å². The van der Waals surface area contributed by atoms with Crippen molar-refractivity contribution < 1.29 is 30.0 Å². The SMILES string of the molecule is C[C@H]1CC[C@H](c2ccc3sc(CCN4CCCC4)nc3c2)NC1.Cc1cc(NC(=O)C(=O)N2C[C@@H](C)CC[C@@H]2c2ccc3sc(CCN4CCCC4)nc3c2)cnc1N.Cc1cc(NC(=O)C(=O)O)cnc1N.[2H]CF. The van der Waals surface area contributed by atoms with Crippen molar-refractivity contribution in [1.29, 1.82) is 0 Å². The quantitative estimate of drug-likeness (QED) is 0.0704. The van der Waals surface area contributed by atoms with Gasteiger partial charge in [-0.1, -0.05) is 26.0 Å². The number of carboxylic acid groups (broad SMARTS) is 1. The summed E-state index contributed by atoms with van der Waals surface area (Å²) < 4.78 is 18.0. The number of nitrogens with two attached hydrogens (primary N) is 2. The molecule has 10 rings (SSSR count). The maximum atomic E-state index is 13.3. The number of carbonyl (C=O) groups excluding carboxylic acids is 3. The van der Waals surface area contributed by atoms with Crippen LogP contribution in [0.2, 0.25) is 0 Å². The fourth-order valence-corrected chi connectivity index (χ4v) is 11.8. The van der Waals surface area contributed by atoms with Crippen LogP contribution in [-0.2, 0) is 32.0 Å². The number of piperidine rings is 2. The number of nitrogen functional groups attached to an aromatic ring is 2.